The average molecular weight is 339 g/mol. The van der Waals surface area contributed by atoms with E-state index < -0.39 is 4.92 Å². The monoisotopic (exact) mass is 338 g/mol. The second kappa shape index (κ2) is 5.74. The van der Waals surface area contributed by atoms with Crippen LogP contribution in [0.2, 0.25) is 0 Å². The van der Waals surface area contributed by atoms with Crippen molar-refractivity contribution < 1.29 is 9.66 Å². The van der Waals surface area contributed by atoms with Crippen molar-refractivity contribution in [2.45, 2.75) is 0 Å². The van der Waals surface area contributed by atoms with E-state index in [9.17, 15) is 10.1 Å². The summed E-state index contributed by atoms with van der Waals surface area (Å²) in [6, 6.07) is 7.87. The maximum atomic E-state index is 10.9. The topological polar surface area (TPSA) is 103 Å². The van der Waals surface area contributed by atoms with Crippen LogP contribution in [0.1, 0.15) is 0 Å². The van der Waals surface area contributed by atoms with Gasteiger partial charge < -0.3 is 15.8 Å². The maximum absolute atomic E-state index is 10.9. The minimum absolute atomic E-state index is 0.0899. The first-order valence-electron chi connectivity index (χ1n) is 5.52. The van der Waals surface area contributed by atoms with Gasteiger partial charge in [-0.3, -0.25) is 10.1 Å². The van der Waals surface area contributed by atoms with E-state index in [4.69, 9.17) is 10.5 Å². The standard InChI is InChI=1S/C12H11BrN4O3/c1-20-10-4-2-7(6-8(10)13)15-12-9(17(18)19)3-5-11(14)16-12/h2-6H,1H3,(H3,14,15,16). The largest absolute Gasteiger partial charge is 0.496 e. The lowest BCUT2D eigenvalue weighted by atomic mass is 10.3. The Bertz CT molecular complexity index is 663. The molecule has 0 unspecified atom stereocenters. The summed E-state index contributed by atoms with van der Waals surface area (Å²) in [5.74, 6) is 0.948. The van der Waals surface area contributed by atoms with Crippen LogP contribution >= 0.6 is 15.9 Å². The minimum Gasteiger partial charge on any atom is -0.496 e. The fourth-order valence-electron chi connectivity index (χ4n) is 1.59. The van der Waals surface area contributed by atoms with E-state index in [1.807, 2.05) is 0 Å². The van der Waals surface area contributed by atoms with Crippen molar-refractivity contribution in [1.29, 1.82) is 0 Å². The second-order valence-electron chi connectivity index (χ2n) is 3.84. The van der Waals surface area contributed by atoms with Gasteiger partial charge in [-0.1, -0.05) is 0 Å². The first-order valence-corrected chi connectivity index (χ1v) is 6.32. The van der Waals surface area contributed by atoms with Gasteiger partial charge in [0, 0.05) is 11.8 Å². The number of methoxy groups -OCH3 is 1. The van der Waals surface area contributed by atoms with Crippen molar-refractivity contribution in [2.75, 3.05) is 18.2 Å². The third-order valence-electron chi connectivity index (χ3n) is 2.51. The summed E-state index contributed by atoms with van der Waals surface area (Å²) >= 11 is 3.34. The van der Waals surface area contributed by atoms with E-state index in [1.54, 1.807) is 25.3 Å². The molecule has 0 spiro atoms. The number of halogens is 1. The number of hydrogen-bond acceptors (Lipinski definition) is 6. The number of pyridine rings is 1. The smallest absolute Gasteiger partial charge is 0.311 e. The van der Waals surface area contributed by atoms with E-state index in [0.29, 0.717) is 11.4 Å². The van der Waals surface area contributed by atoms with Crippen molar-refractivity contribution in [2.24, 2.45) is 0 Å². The molecule has 8 heteroatoms. The lowest BCUT2D eigenvalue weighted by Crippen LogP contribution is -2.02. The molecule has 0 fully saturated rings. The Morgan fingerprint density at radius 2 is 2.15 bits per heavy atom. The normalized spacial score (nSPS) is 10.1. The lowest BCUT2D eigenvalue weighted by Gasteiger charge is -2.09. The second-order valence-corrected chi connectivity index (χ2v) is 4.69. The number of nitrogens with one attached hydrogen (secondary N) is 1. The number of nitrogens with two attached hydrogens (primary N) is 1. The van der Waals surface area contributed by atoms with Crippen LogP contribution in [0.25, 0.3) is 0 Å². The van der Waals surface area contributed by atoms with Gasteiger partial charge in [0.2, 0.25) is 5.82 Å². The molecule has 0 radical (unpaired) electrons. The number of anilines is 3. The molecule has 1 aromatic carbocycles. The molecule has 20 heavy (non-hydrogen) atoms. The number of aromatic nitrogens is 1. The first kappa shape index (κ1) is 14.1. The molecule has 2 rings (SSSR count). The molecule has 0 aliphatic heterocycles. The number of ether oxygens (including phenoxy) is 1. The lowest BCUT2D eigenvalue weighted by molar-refractivity contribution is -0.384. The van der Waals surface area contributed by atoms with Crippen molar-refractivity contribution in [3.05, 3.63) is 44.9 Å². The Hall–Kier alpha value is -2.35. The Labute approximate surface area is 123 Å². The Balaban J connectivity index is 2.36. The molecule has 7 nitrogen and oxygen atoms in total. The summed E-state index contributed by atoms with van der Waals surface area (Å²) in [7, 11) is 1.55. The SMILES string of the molecule is COc1ccc(Nc2nc(N)ccc2[N+](=O)[O-])cc1Br. The van der Waals surface area contributed by atoms with Crippen LogP contribution in [0.15, 0.2) is 34.8 Å². The van der Waals surface area contributed by atoms with Gasteiger partial charge in [-0.05, 0) is 40.2 Å². The number of nitrogen functional groups attached to an aromatic ring is 1. The van der Waals surface area contributed by atoms with Gasteiger partial charge in [0.25, 0.3) is 0 Å². The van der Waals surface area contributed by atoms with E-state index in [-0.39, 0.29) is 17.3 Å². The van der Waals surface area contributed by atoms with Gasteiger partial charge in [0.05, 0.1) is 16.5 Å². The van der Waals surface area contributed by atoms with Crippen LogP contribution in [0.3, 0.4) is 0 Å². The average Bonchev–Trinajstić information content (AvgIpc) is 2.38. The number of nitrogens with zero attached hydrogens (tertiary/aromatic N) is 2. The number of rotatable bonds is 4. The van der Waals surface area contributed by atoms with Gasteiger partial charge in [-0.25, -0.2) is 4.98 Å². The Kier molecular flexibility index (Phi) is 4.04. The zero-order chi connectivity index (χ0) is 14.7. The summed E-state index contributed by atoms with van der Waals surface area (Å²) in [4.78, 5) is 14.4. The van der Waals surface area contributed by atoms with Crippen LogP contribution in [0.4, 0.5) is 23.0 Å². The van der Waals surface area contributed by atoms with Gasteiger partial charge in [-0.15, -0.1) is 0 Å². The fraction of sp³-hybridized carbons (Fsp3) is 0.0833. The molecule has 0 bridgehead atoms. The zero-order valence-electron chi connectivity index (χ0n) is 10.5. The predicted molar refractivity (Wildman–Crippen MR) is 79.3 cm³/mol. The third-order valence-corrected chi connectivity index (χ3v) is 3.13. The van der Waals surface area contributed by atoms with Crippen LogP contribution in [-0.4, -0.2) is 17.0 Å². The fourth-order valence-corrected chi connectivity index (χ4v) is 2.13. The van der Waals surface area contributed by atoms with Gasteiger partial charge in [0.15, 0.2) is 0 Å². The molecule has 2 aromatic rings. The molecule has 0 aliphatic carbocycles. The highest BCUT2D eigenvalue weighted by atomic mass is 79.9. The summed E-state index contributed by atoms with van der Waals surface area (Å²) in [5, 5.41) is 13.8. The van der Waals surface area contributed by atoms with Crippen molar-refractivity contribution in [1.82, 2.24) is 4.98 Å². The molecule has 0 atom stereocenters. The highest BCUT2D eigenvalue weighted by molar-refractivity contribution is 9.10. The van der Waals surface area contributed by atoms with E-state index in [0.717, 1.165) is 4.47 Å². The van der Waals surface area contributed by atoms with Crippen molar-refractivity contribution in [3.8, 4) is 5.75 Å². The third kappa shape index (κ3) is 2.97. The van der Waals surface area contributed by atoms with Crippen LogP contribution in [0, 0.1) is 10.1 Å². The van der Waals surface area contributed by atoms with E-state index in [2.05, 4.69) is 26.2 Å². The molecular formula is C12H11BrN4O3. The van der Waals surface area contributed by atoms with Crippen molar-refractivity contribution in [3.63, 3.8) is 0 Å². The summed E-state index contributed by atoms with van der Waals surface area (Å²) in [6.45, 7) is 0. The molecule has 104 valence electrons. The van der Waals surface area contributed by atoms with Gasteiger partial charge >= 0.3 is 5.69 Å². The minimum atomic E-state index is -0.520. The summed E-state index contributed by atoms with van der Waals surface area (Å²) in [6.07, 6.45) is 0. The quantitative estimate of drug-likeness (QED) is 0.655. The molecule has 0 saturated heterocycles. The molecular weight excluding hydrogens is 328 g/mol. The van der Waals surface area contributed by atoms with Crippen LogP contribution in [0.5, 0.6) is 5.75 Å². The number of benzene rings is 1. The highest BCUT2D eigenvalue weighted by Gasteiger charge is 2.16. The van der Waals surface area contributed by atoms with Gasteiger partial charge in [0.1, 0.15) is 11.6 Å². The van der Waals surface area contributed by atoms with Crippen molar-refractivity contribution >= 4 is 38.9 Å². The van der Waals surface area contributed by atoms with E-state index in [1.165, 1.54) is 12.1 Å². The molecule has 3 N–H and O–H groups in total. The van der Waals surface area contributed by atoms with E-state index >= 15 is 0 Å². The summed E-state index contributed by atoms with van der Waals surface area (Å²) < 4.78 is 5.83. The Morgan fingerprint density at radius 1 is 1.40 bits per heavy atom. The van der Waals surface area contributed by atoms with Crippen LogP contribution in [-0.2, 0) is 0 Å². The molecule has 1 heterocycles. The molecule has 0 saturated carbocycles. The molecule has 1 aromatic heterocycles. The van der Waals surface area contributed by atoms with Gasteiger partial charge in [-0.2, -0.15) is 0 Å². The highest BCUT2D eigenvalue weighted by Crippen LogP contribution is 2.31. The maximum Gasteiger partial charge on any atom is 0.311 e. The first-order chi connectivity index (χ1) is 9.51. The summed E-state index contributed by atoms with van der Waals surface area (Å²) in [5.41, 5.74) is 6.03. The number of nitro groups is 1. The predicted octanol–water partition coefficient (Wildman–Crippen LogP) is 3.09. The van der Waals surface area contributed by atoms with Crippen LogP contribution < -0.4 is 15.8 Å². The zero-order valence-corrected chi connectivity index (χ0v) is 12.0. The Morgan fingerprint density at radius 3 is 2.75 bits per heavy atom. The molecule has 0 aliphatic rings. The molecule has 0 amide bonds. The number of hydrogen-bond donors (Lipinski definition) is 2.